The Hall–Kier alpha value is -7.94. The minimum Gasteiger partial charge on any atom is -0.310 e. The van der Waals surface area contributed by atoms with E-state index in [1.54, 1.807) is 0 Å². The van der Waals surface area contributed by atoms with Crippen molar-refractivity contribution in [2.45, 2.75) is 183 Å². The molecule has 88 heavy (non-hydrogen) atoms. The van der Waals surface area contributed by atoms with Crippen LogP contribution < -0.4 is 4.90 Å². The van der Waals surface area contributed by atoms with Crippen LogP contribution in [-0.2, 0) is 37.9 Å². The summed E-state index contributed by atoms with van der Waals surface area (Å²) in [5.74, 6) is 0. The highest BCUT2D eigenvalue weighted by atomic mass is 15.1. The molecule has 0 aliphatic heterocycles. The van der Waals surface area contributed by atoms with Gasteiger partial charge in [-0.25, -0.2) is 0 Å². The maximum Gasteiger partial charge on any atom is 0.0541 e. The summed E-state index contributed by atoms with van der Waals surface area (Å²) in [4.78, 5) is 2.55. The fraction of sp³-hybridized carbons (Fsp3) is 0.326. The Labute approximate surface area is 527 Å². The quantitative estimate of drug-likeness (QED) is 0.144. The lowest BCUT2D eigenvalue weighted by Crippen LogP contribution is -2.16. The van der Waals surface area contributed by atoms with Gasteiger partial charge in [0.1, 0.15) is 0 Å². The third kappa shape index (κ3) is 11.1. The van der Waals surface area contributed by atoms with Crippen LogP contribution in [0.5, 0.6) is 0 Å². The summed E-state index contributed by atoms with van der Waals surface area (Å²) in [6, 6.07) is 73.9. The summed E-state index contributed by atoms with van der Waals surface area (Å²) < 4.78 is 2.55. The molecule has 11 aromatic carbocycles. The molecule has 0 atom stereocenters. The number of aromatic nitrogens is 1. The van der Waals surface area contributed by atoms with Crippen molar-refractivity contribution in [3.63, 3.8) is 0 Å². The van der Waals surface area contributed by atoms with Gasteiger partial charge >= 0.3 is 0 Å². The molecule has 0 aliphatic carbocycles. The molecule has 1 aromatic heterocycles. The third-order valence-electron chi connectivity index (χ3n) is 19.0. The van der Waals surface area contributed by atoms with Gasteiger partial charge in [-0.1, -0.05) is 273 Å². The second-order valence-corrected chi connectivity index (χ2v) is 33.0. The first-order valence-electron chi connectivity index (χ1n) is 32.3. The Kier molecular flexibility index (Phi) is 14.3. The first-order valence-corrected chi connectivity index (χ1v) is 32.3. The second-order valence-electron chi connectivity index (χ2n) is 33.0. The van der Waals surface area contributed by atoms with Crippen molar-refractivity contribution in [2.75, 3.05) is 4.90 Å². The fourth-order valence-corrected chi connectivity index (χ4v) is 13.1. The van der Waals surface area contributed by atoms with Crippen molar-refractivity contribution < 1.29 is 0 Å². The molecular weight excluding hydrogens is 1060 g/mol. The molecule has 0 N–H and O–H groups in total. The van der Waals surface area contributed by atoms with Gasteiger partial charge in [0.05, 0.1) is 22.4 Å². The highest BCUT2D eigenvalue weighted by Crippen LogP contribution is 2.49. The molecule has 2 nitrogen and oxygen atoms in total. The van der Waals surface area contributed by atoms with E-state index < -0.39 is 0 Å². The number of rotatable bonds is 7. The maximum atomic E-state index is 2.55. The first kappa shape index (κ1) is 60.3. The summed E-state index contributed by atoms with van der Waals surface area (Å²) in [6.07, 6.45) is 0. The number of benzene rings is 11. The van der Waals surface area contributed by atoms with E-state index in [1.807, 2.05) is 0 Å². The van der Waals surface area contributed by atoms with Gasteiger partial charge in [0, 0.05) is 32.9 Å². The third-order valence-corrected chi connectivity index (χ3v) is 19.0. The van der Waals surface area contributed by atoms with Gasteiger partial charge in [0.25, 0.3) is 0 Å². The molecule has 448 valence electrons. The average molecular weight is 1160 g/mol. The van der Waals surface area contributed by atoms with E-state index in [9.17, 15) is 0 Å². The molecule has 12 rings (SSSR count). The van der Waals surface area contributed by atoms with Gasteiger partial charge in [-0.3, -0.25) is 0 Å². The largest absolute Gasteiger partial charge is 0.310 e. The zero-order chi connectivity index (χ0) is 63.2. The molecule has 0 radical (unpaired) electrons. The van der Waals surface area contributed by atoms with E-state index in [0.29, 0.717) is 0 Å². The molecule has 0 unspecified atom stereocenters. The molecule has 0 saturated heterocycles. The van der Waals surface area contributed by atoms with Crippen molar-refractivity contribution in [3.8, 4) is 39.1 Å². The van der Waals surface area contributed by atoms with Gasteiger partial charge < -0.3 is 9.47 Å². The van der Waals surface area contributed by atoms with Crippen molar-refractivity contribution >= 4 is 71.2 Å². The van der Waals surface area contributed by atoms with Crippen molar-refractivity contribution in [1.82, 2.24) is 4.57 Å². The van der Waals surface area contributed by atoms with E-state index in [2.05, 4.69) is 343 Å². The van der Waals surface area contributed by atoms with Crippen LogP contribution in [0.2, 0.25) is 0 Å². The van der Waals surface area contributed by atoms with Gasteiger partial charge in [0.15, 0.2) is 0 Å². The highest BCUT2D eigenvalue weighted by molar-refractivity contribution is 6.27. The van der Waals surface area contributed by atoms with Crippen LogP contribution in [0.25, 0.3) is 93.2 Å². The number of anilines is 3. The highest BCUT2D eigenvalue weighted by Gasteiger charge is 2.28. The lowest BCUT2D eigenvalue weighted by molar-refractivity contribution is 0.568. The van der Waals surface area contributed by atoms with Crippen LogP contribution in [0.15, 0.2) is 188 Å². The van der Waals surface area contributed by atoms with E-state index in [-0.39, 0.29) is 37.9 Å². The van der Waals surface area contributed by atoms with Crippen molar-refractivity contribution in [3.05, 3.63) is 227 Å². The Morgan fingerprint density at radius 1 is 0.239 bits per heavy atom. The smallest absolute Gasteiger partial charge is 0.0541 e. The minimum absolute atomic E-state index is 0.00151. The van der Waals surface area contributed by atoms with Crippen molar-refractivity contribution in [1.29, 1.82) is 0 Å². The maximum absolute atomic E-state index is 2.55. The summed E-state index contributed by atoms with van der Waals surface area (Å²) in [6.45, 7) is 48.9. The van der Waals surface area contributed by atoms with Crippen LogP contribution >= 0.6 is 0 Å². The average Bonchev–Trinajstić information content (AvgIpc) is 1.46. The number of fused-ring (bicyclic) bond motifs is 3. The summed E-state index contributed by atoms with van der Waals surface area (Å²) >= 11 is 0. The van der Waals surface area contributed by atoms with Gasteiger partial charge in [-0.2, -0.15) is 0 Å². The molecule has 0 bridgehead atoms. The van der Waals surface area contributed by atoms with Gasteiger partial charge in [-0.05, 0) is 192 Å². The number of hydrogen-bond donors (Lipinski definition) is 0. The molecule has 0 fully saturated rings. The van der Waals surface area contributed by atoms with Gasteiger partial charge in [0.2, 0.25) is 0 Å². The summed E-state index contributed by atoms with van der Waals surface area (Å²) in [5, 5.41) is 10.1. The van der Waals surface area contributed by atoms with Crippen LogP contribution in [0.1, 0.15) is 184 Å². The summed E-state index contributed by atoms with van der Waals surface area (Å²) in [7, 11) is 0. The molecule has 0 spiro atoms. The predicted octanol–water partition coefficient (Wildman–Crippen LogP) is 25.2. The topological polar surface area (TPSA) is 8.17 Å². The minimum atomic E-state index is -0.145. The van der Waals surface area contributed by atoms with E-state index in [1.165, 1.54) is 132 Å². The Morgan fingerprint density at radius 3 is 0.989 bits per heavy atom. The van der Waals surface area contributed by atoms with E-state index in [4.69, 9.17) is 0 Å². The van der Waals surface area contributed by atoms with Crippen LogP contribution in [0.3, 0.4) is 0 Å². The predicted molar refractivity (Wildman–Crippen MR) is 386 cm³/mol. The lowest BCUT2D eigenvalue weighted by Gasteiger charge is -2.31. The zero-order valence-electron chi connectivity index (χ0n) is 56.8. The molecule has 12 aromatic rings. The molecule has 0 aliphatic rings. The van der Waals surface area contributed by atoms with Crippen molar-refractivity contribution in [2.24, 2.45) is 0 Å². The second kappa shape index (κ2) is 20.8. The fourth-order valence-electron chi connectivity index (χ4n) is 13.1. The Morgan fingerprint density at radius 2 is 0.580 bits per heavy atom. The molecular formula is C86H94N2. The Balaban J connectivity index is 1.08. The molecule has 1 heterocycles. The van der Waals surface area contributed by atoms with Crippen LogP contribution in [0, 0.1) is 0 Å². The van der Waals surface area contributed by atoms with Crippen LogP contribution in [-0.4, -0.2) is 4.57 Å². The lowest BCUT2D eigenvalue weighted by atomic mass is 9.79. The number of nitrogens with zero attached hydrogens (tertiary/aromatic N) is 2. The Bertz CT molecular complexity index is 4520. The normalized spacial score (nSPS) is 13.3. The first-order chi connectivity index (χ1) is 41.0. The van der Waals surface area contributed by atoms with E-state index >= 15 is 0 Å². The van der Waals surface area contributed by atoms with Crippen LogP contribution in [0.4, 0.5) is 17.1 Å². The molecule has 0 saturated carbocycles. The SMILES string of the molecule is CC(C)(C)c1cc(-c2ccc(-c3cc(C(C)(C)C)cc(C(C)(C)C)c3)cc2)cc(N(c2ccc(-c3cc(C(C)(C)C)cc(C(C)(C)C)c3)cc2)c2ccc3ccc4c(-n5c6ccc(C(C)(C)C)cc6c6cc(C(C)(C)C)ccc65)ccc5ccc2c3c54)c1. The molecule has 2 heteroatoms. The zero-order valence-corrected chi connectivity index (χ0v) is 56.8. The monoisotopic (exact) mass is 1150 g/mol. The molecule has 0 amide bonds. The van der Waals surface area contributed by atoms with Gasteiger partial charge in [-0.15, -0.1) is 0 Å². The summed E-state index contributed by atoms with van der Waals surface area (Å²) in [5.41, 5.74) is 23.7. The number of hydrogen-bond acceptors (Lipinski definition) is 1. The van der Waals surface area contributed by atoms with E-state index in [0.717, 1.165) is 17.1 Å². The standard InChI is InChI=1S/C86H94N2/c1-80(2,3)61-32-40-76-72(51-61)73-52-62(81(4,5)6)33-41-77(73)88(76)75-39-31-57-28-36-70-74(38-30-56-29-37-71(75)79(57)78(56)70)87(68-34-26-55(27-35-68)59-44-65(84(13,14)15)49-66(45-59)85(16,17)18)69-47-60(46-67(50-69)86(19,20)21)54-24-22-53(23-25-54)58-42-63(82(7,8)9)48-64(43-58)83(10,11)12/h22-52H,1-21H3.